The summed E-state index contributed by atoms with van der Waals surface area (Å²) in [6, 6.07) is 5.39. The third kappa shape index (κ3) is 3.86. The van der Waals surface area contributed by atoms with E-state index in [9.17, 15) is 4.79 Å². The van der Waals surface area contributed by atoms with Crippen LogP contribution in [0.15, 0.2) is 18.2 Å². The molecule has 5 heteroatoms. The van der Waals surface area contributed by atoms with Gasteiger partial charge in [0, 0.05) is 20.2 Å². The molecule has 19 heavy (non-hydrogen) atoms. The lowest BCUT2D eigenvalue weighted by molar-refractivity contribution is 0.0527. The largest absolute Gasteiger partial charge is 0.462 e. The van der Waals surface area contributed by atoms with Gasteiger partial charge in [-0.05, 0) is 26.0 Å². The highest BCUT2D eigenvalue weighted by atomic mass is 16.5. The lowest BCUT2D eigenvalue weighted by Crippen LogP contribution is -2.28. The van der Waals surface area contributed by atoms with E-state index >= 15 is 0 Å². The second kappa shape index (κ2) is 7.63. The summed E-state index contributed by atoms with van der Waals surface area (Å²) in [4.78, 5) is 13.9. The van der Waals surface area contributed by atoms with Gasteiger partial charge in [-0.15, -0.1) is 0 Å². The number of esters is 1. The van der Waals surface area contributed by atoms with Crippen LogP contribution in [0.5, 0.6) is 0 Å². The van der Waals surface area contributed by atoms with E-state index in [1.54, 1.807) is 20.1 Å². The summed E-state index contributed by atoms with van der Waals surface area (Å²) in [5, 5.41) is 0. The quantitative estimate of drug-likeness (QED) is 0.603. The molecule has 0 unspecified atom stereocenters. The fourth-order valence-electron chi connectivity index (χ4n) is 1.87. The molecule has 1 aromatic carbocycles. The zero-order valence-corrected chi connectivity index (χ0v) is 11.8. The molecule has 0 atom stereocenters. The van der Waals surface area contributed by atoms with Crippen LogP contribution in [0.2, 0.25) is 0 Å². The van der Waals surface area contributed by atoms with Gasteiger partial charge in [-0.2, -0.15) is 0 Å². The third-order valence-electron chi connectivity index (χ3n) is 2.87. The maximum absolute atomic E-state index is 11.8. The molecule has 0 radical (unpaired) electrons. The number of benzene rings is 1. The molecule has 0 amide bonds. The molecular weight excluding hydrogens is 244 g/mol. The minimum Gasteiger partial charge on any atom is -0.462 e. The van der Waals surface area contributed by atoms with Crippen LogP contribution in [0, 0.1) is 0 Å². The van der Waals surface area contributed by atoms with Gasteiger partial charge >= 0.3 is 5.97 Å². The Morgan fingerprint density at radius 3 is 2.68 bits per heavy atom. The smallest absolute Gasteiger partial charge is 0.340 e. The highest BCUT2D eigenvalue weighted by Gasteiger charge is 2.16. The summed E-state index contributed by atoms with van der Waals surface area (Å²) < 4.78 is 10.1. The normalized spacial score (nSPS) is 10.3. The minimum atomic E-state index is -0.385. The van der Waals surface area contributed by atoms with Crippen molar-refractivity contribution in [3.8, 4) is 0 Å². The first-order valence-electron chi connectivity index (χ1n) is 6.45. The molecule has 0 aromatic heterocycles. The van der Waals surface area contributed by atoms with Crippen LogP contribution in [-0.4, -0.2) is 39.4 Å². The van der Waals surface area contributed by atoms with Crippen molar-refractivity contribution in [2.45, 2.75) is 13.8 Å². The lowest BCUT2D eigenvalue weighted by atomic mass is 10.1. The van der Waals surface area contributed by atoms with Crippen LogP contribution in [0.4, 0.5) is 11.4 Å². The molecule has 0 spiro atoms. The van der Waals surface area contributed by atoms with Gasteiger partial charge < -0.3 is 20.1 Å². The third-order valence-corrected chi connectivity index (χ3v) is 2.87. The van der Waals surface area contributed by atoms with Crippen molar-refractivity contribution < 1.29 is 14.3 Å². The van der Waals surface area contributed by atoms with E-state index in [4.69, 9.17) is 15.2 Å². The first-order valence-corrected chi connectivity index (χ1v) is 6.45. The SMILES string of the molecule is CCOC(=O)c1cccc(N(CC)CCOC)c1N. The van der Waals surface area contributed by atoms with Crippen LogP contribution in [0.1, 0.15) is 24.2 Å². The predicted molar refractivity (Wildman–Crippen MR) is 76.6 cm³/mol. The van der Waals surface area contributed by atoms with E-state index in [-0.39, 0.29) is 5.97 Å². The monoisotopic (exact) mass is 266 g/mol. The Balaban J connectivity index is 3.01. The standard InChI is InChI=1S/C14H22N2O3/c1-4-16(9-10-18-3)12-8-6-7-11(13(12)15)14(17)19-5-2/h6-8H,4-5,9-10,15H2,1-3H3. The number of nitrogen functional groups attached to an aromatic ring is 1. The number of ether oxygens (including phenoxy) is 2. The molecule has 0 aliphatic rings. The fraction of sp³-hybridized carbons (Fsp3) is 0.500. The van der Waals surface area contributed by atoms with Crippen molar-refractivity contribution in [3.05, 3.63) is 23.8 Å². The van der Waals surface area contributed by atoms with Gasteiger partial charge in [0.25, 0.3) is 0 Å². The van der Waals surface area contributed by atoms with Gasteiger partial charge in [0.15, 0.2) is 0 Å². The number of para-hydroxylation sites is 1. The maximum atomic E-state index is 11.8. The fourth-order valence-corrected chi connectivity index (χ4v) is 1.87. The average molecular weight is 266 g/mol. The van der Waals surface area contributed by atoms with Gasteiger partial charge in [-0.25, -0.2) is 4.79 Å². The van der Waals surface area contributed by atoms with E-state index in [0.29, 0.717) is 24.5 Å². The van der Waals surface area contributed by atoms with E-state index in [1.165, 1.54) is 0 Å². The molecule has 0 fully saturated rings. The van der Waals surface area contributed by atoms with Crippen molar-refractivity contribution in [2.75, 3.05) is 44.0 Å². The van der Waals surface area contributed by atoms with Gasteiger partial charge in [-0.3, -0.25) is 0 Å². The van der Waals surface area contributed by atoms with Gasteiger partial charge in [0.2, 0.25) is 0 Å². The van der Waals surface area contributed by atoms with Crippen LogP contribution < -0.4 is 10.6 Å². The minimum absolute atomic E-state index is 0.337. The van der Waals surface area contributed by atoms with Gasteiger partial charge in [0.05, 0.1) is 30.2 Å². The number of hydrogen-bond donors (Lipinski definition) is 1. The molecule has 106 valence electrons. The maximum Gasteiger partial charge on any atom is 0.340 e. The zero-order chi connectivity index (χ0) is 14.3. The Hall–Kier alpha value is -1.75. The van der Waals surface area contributed by atoms with Crippen molar-refractivity contribution in [1.29, 1.82) is 0 Å². The second-order valence-electron chi connectivity index (χ2n) is 4.03. The van der Waals surface area contributed by atoms with E-state index < -0.39 is 0 Å². The van der Waals surface area contributed by atoms with E-state index in [0.717, 1.165) is 18.8 Å². The number of anilines is 2. The summed E-state index contributed by atoms with van der Waals surface area (Å²) in [6.45, 7) is 6.27. The predicted octanol–water partition coefficient (Wildman–Crippen LogP) is 1.92. The van der Waals surface area contributed by atoms with Crippen LogP contribution in [-0.2, 0) is 9.47 Å². The molecule has 5 nitrogen and oxygen atoms in total. The molecule has 0 saturated heterocycles. The van der Waals surface area contributed by atoms with Gasteiger partial charge in [0.1, 0.15) is 0 Å². The summed E-state index contributed by atoms with van der Waals surface area (Å²) in [7, 11) is 1.66. The number of nitrogens with zero attached hydrogens (tertiary/aromatic N) is 1. The Morgan fingerprint density at radius 2 is 2.11 bits per heavy atom. The van der Waals surface area contributed by atoms with Crippen LogP contribution in [0.25, 0.3) is 0 Å². The zero-order valence-electron chi connectivity index (χ0n) is 11.8. The number of nitrogens with two attached hydrogens (primary N) is 1. The first kappa shape index (κ1) is 15.3. The van der Waals surface area contributed by atoms with Crippen molar-refractivity contribution in [2.24, 2.45) is 0 Å². The van der Waals surface area contributed by atoms with Gasteiger partial charge in [-0.1, -0.05) is 6.07 Å². The first-order chi connectivity index (χ1) is 9.15. The number of rotatable bonds is 7. The van der Waals surface area contributed by atoms with Crippen molar-refractivity contribution in [1.82, 2.24) is 0 Å². The number of hydrogen-bond acceptors (Lipinski definition) is 5. The highest BCUT2D eigenvalue weighted by Crippen LogP contribution is 2.27. The number of carbonyl (C=O) groups is 1. The number of likely N-dealkylation sites (N-methyl/N-ethyl adjacent to an activating group) is 1. The lowest BCUT2D eigenvalue weighted by Gasteiger charge is -2.25. The molecule has 1 rings (SSSR count). The van der Waals surface area contributed by atoms with E-state index in [2.05, 4.69) is 4.90 Å². The molecule has 1 aromatic rings. The highest BCUT2D eigenvalue weighted by molar-refractivity contribution is 5.98. The van der Waals surface area contributed by atoms with Crippen molar-refractivity contribution >= 4 is 17.3 Å². The molecule has 0 saturated carbocycles. The topological polar surface area (TPSA) is 64.8 Å². The summed E-state index contributed by atoms with van der Waals surface area (Å²) in [6.07, 6.45) is 0. The summed E-state index contributed by atoms with van der Waals surface area (Å²) >= 11 is 0. The van der Waals surface area contributed by atoms with E-state index in [1.807, 2.05) is 19.1 Å². The second-order valence-corrected chi connectivity index (χ2v) is 4.03. The molecule has 0 bridgehead atoms. The molecule has 0 aliphatic heterocycles. The molecule has 0 aliphatic carbocycles. The Bertz CT molecular complexity index is 421. The summed E-state index contributed by atoms with van der Waals surface area (Å²) in [5.41, 5.74) is 7.79. The average Bonchev–Trinajstić information content (AvgIpc) is 2.41. The molecule has 0 heterocycles. The summed E-state index contributed by atoms with van der Waals surface area (Å²) in [5.74, 6) is -0.385. The van der Waals surface area contributed by atoms with Crippen LogP contribution in [0.3, 0.4) is 0 Å². The molecular formula is C14H22N2O3. The number of methoxy groups -OCH3 is 1. The number of carbonyl (C=O) groups excluding carboxylic acids is 1. The molecule has 2 N–H and O–H groups in total. The Kier molecular flexibility index (Phi) is 6.15. The Morgan fingerprint density at radius 1 is 1.37 bits per heavy atom. The van der Waals surface area contributed by atoms with Crippen molar-refractivity contribution in [3.63, 3.8) is 0 Å². The van der Waals surface area contributed by atoms with Crippen LogP contribution >= 0.6 is 0 Å². The Labute approximate surface area is 114 Å².